The van der Waals surface area contributed by atoms with Crippen LogP contribution in [0.25, 0.3) is 0 Å². The second-order valence-electron chi connectivity index (χ2n) is 3.17. The molecule has 0 atom stereocenters. The number of nitrogens with one attached hydrogen (secondary N) is 2. The molecule has 0 spiro atoms. The van der Waals surface area contributed by atoms with Gasteiger partial charge in [0.1, 0.15) is 10.8 Å². The first-order valence-corrected chi connectivity index (χ1v) is 5.93. The third-order valence-electron chi connectivity index (χ3n) is 1.84. The molecule has 0 aliphatic heterocycles. The summed E-state index contributed by atoms with van der Waals surface area (Å²) in [4.78, 5) is 15.7. The van der Waals surface area contributed by atoms with E-state index in [-0.39, 0.29) is 0 Å². The highest BCUT2D eigenvalue weighted by Gasteiger charge is 2.02. The van der Waals surface area contributed by atoms with Crippen molar-refractivity contribution in [3.63, 3.8) is 0 Å². The Morgan fingerprint density at radius 1 is 1.44 bits per heavy atom. The zero-order chi connectivity index (χ0) is 11.2. The molecular weight excluding hydrogens is 222 g/mol. The van der Waals surface area contributed by atoms with Crippen molar-refractivity contribution in [1.29, 1.82) is 0 Å². The molecule has 2 aromatic rings. The lowest BCUT2D eigenvalue weighted by Crippen LogP contribution is -2.02. The summed E-state index contributed by atoms with van der Waals surface area (Å²) < 4.78 is 0. The number of imidazole rings is 1. The van der Waals surface area contributed by atoms with E-state index in [9.17, 15) is 0 Å². The summed E-state index contributed by atoms with van der Waals surface area (Å²) in [5, 5.41) is 4.85. The van der Waals surface area contributed by atoms with Gasteiger partial charge in [-0.1, -0.05) is 6.92 Å². The normalized spacial score (nSPS) is 10.3. The maximum absolute atomic E-state index is 4.41. The van der Waals surface area contributed by atoms with Crippen LogP contribution in [0, 0.1) is 0 Å². The second kappa shape index (κ2) is 5.50. The highest BCUT2D eigenvalue weighted by molar-refractivity contribution is 7.99. The van der Waals surface area contributed by atoms with E-state index >= 15 is 0 Å². The number of nitrogens with zero attached hydrogens (tertiary/aromatic N) is 3. The van der Waals surface area contributed by atoms with Gasteiger partial charge in [0.15, 0.2) is 5.16 Å². The predicted octanol–water partition coefficient (Wildman–Crippen LogP) is 2.17. The molecule has 0 unspecified atom stereocenters. The molecule has 0 aromatic carbocycles. The average molecular weight is 235 g/mol. The molecule has 0 radical (unpaired) electrons. The van der Waals surface area contributed by atoms with Crippen LogP contribution in [-0.2, 0) is 0 Å². The van der Waals surface area contributed by atoms with Crippen molar-refractivity contribution in [1.82, 2.24) is 19.9 Å². The highest BCUT2D eigenvalue weighted by atomic mass is 32.2. The minimum Gasteiger partial charge on any atom is -0.369 e. The Morgan fingerprint density at radius 2 is 2.38 bits per heavy atom. The fourth-order valence-electron chi connectivity index (χ4n) is 1.14. The third-order valence-corrected chi connectivity index (χ3v) is 2.67. The van der Waals surface area contributed by atoms with Crippen molar-refractivity contribution in [2.75, 3.05) is 11.9 Å². The monoisotopic (exact) mass is 235 g/mol. The average Bonchev–Trinajstić information content (AvgIpc) is 2.80. The lowest BCUT2D eigenvalue weighted by atomic mass is 10.5. The molecule has 2 aromatic heterocycles. The Morgan fingerprint density at radius 3 is 3.12 bits per heavy atom. The summed E-state index contributed by atoms with van der Waals surface area (Å²) in [5.41, 5.74) is 0. The molecule has 84 valence electrons. The van der Waals surface area contributed by atoms with Gasteiger partial charge < -0.3 is 10.3 Å². The van der Waals surface area contributed by atoms with E-state index in [0.29, 0.717) is 0 Å². The van der Waals surface area contributed by atoms with E-state index in [1.807, 2.05) is 0 Å². The van der Waals surface area contributed by atoms with Gasteiger partial charge in [0.25, 0.3) is 0 Å². The lowest BCUT2D eigenvalue weighted by Gasteiger charge is -2.04. The van der Waals surface area contributed by atoms with E-state index in [0.717, 1.165) is 29.0 Å². The maximum Gasteiger partial charge on any atom is 0.171 e. The summed E-state index contributed by atoms with van der Waals surface area (Å²) in [6.45, 7) is 3.02. The van der Waals surface area contributed by atoms with Crippen LogP contribution in [0.3, 0.4) is 0 Å². The van der Waals surface area contributed by atoms with Crippen molar-refractivity contribution in [2.24, 2.45) is 0 Å². The minimum atomic E-state index is 0.804. The Hall–Kier alpha value is -1.56. The van der Waals surface area contributed by atoms with E-state index in [4.69, 9.17) is 0 Å². The first kappa shape index (κ1) is 10.9. The minimum absolute atomic E-state index is 0.804. The molecule has 2 N–H and O–H groups in total. The Bertz CT molecular complexity index is 429. The number of H-pyrrole nitrogens is 1. The van der Waals surface area contributed by atoms with Crippen molar-refractivity contribution < 1.29 is 0 Å². The van der Waals surface area contributed by atoms with Crippen LogP contribution in [0.5, 0.6) is 0 Å². The zero-order valence-corrected chi connectivity index (χ0v) is 9.79. The predicted molar refractivity (Wildman–Crippen MR) is 63.5 cm³/mol. The number of hydrogen-bond donors (Lipinski definition) is 2. The Labute approximate surface area is 98.1 Å². The first-order valence-electron chi connectivity index (χ1n) is 5.11. The Balaban J connectivity index is 2.04. The zero-order valence-electron chi connectivity index (χ0n) is 8.97. The first-order chi connectivity index (χ1) is 7.88. The molecular formula is C10H13N5S. The summed E-state index contributed by atoms with van der Waals surface area (Å²) in [5.74, 6) is 0.804. The van der Waals surface area contributed by atoms with Crippen LogP contribution in [0.2, 0.25) is 0 Å². The summed E-state index contributed by atoms with van der Waals surface area (Å²) in [7, 11) is 0. The van der Waals surface area contributed by atoms with Crippen molar-refractivity contribution in [3.05, 3.63) is 24.8 Å². The van der Waals surface area contributed by atoms with Crippen LogP contribution in [0.1, 0.15) is 13.3 Å². The van der Waals surface area contributed by atoms with Gasteiger partial charge in [-0.2, -0.15) is 0 Å². The molecule has 5 nitrogen and oxygen atoms in total. The molecule has 0 saturated heterocycles. The molecule has 6 heteroatoms. The molecule has 16 heavy (non-hydrogen) atoms. The number of aromatic amines is 1. The van der Waals surface area contributed by atoms with Gasteiger partial charge in [-0.25, -0.2) is 9.97 Å². The topological polar surface area (TPSA) is 66.5 Å². The van der Waals surface area contributed by atoms with Gasteiger partial charge in [-0.05, 0) is 18.2 Å². The lowest BCUT2D eigenvalue weighted by molar-refractivity contribution is 0.945. The van der Waals surface area contributed by atoms with Crippen LogP contribution >= 0.6 is 11.8 Å². The molecule has 0 amide bonds. The summed E-state index contributed by atoms with van der Waals surface area (Å²) >= 11 is 1.46. The van der Waals surface area contributed by atoms with Crippen LogP contribution in [-0.4, -0.2) is 26.5 Å². The number of anilines is 1. The molecule has 0 saturated carbocycles. The van der Waals surface area contributed by atoms with Crippen molar-refractivity contribution in [3.8, 4) is 0 Å². The van der Waals surface area contributed by atoms with E-state index in [2.05, 4.69) is 32.2 Å². The van der Waals surface area contributed by atoms with Gasteiger partial charge in [0.2, 0.25) is 0 Å². The number of hydrogen-bond acceptors (Lipinski definition) is 5. The SMILES string of the molecule is CCCNc1cncc(Sc2ncc[nH]2)n1. The molecule has 2 heterocycles. The second-order valence-corrected chi connectivity index (χ2v) is 4.17. The molecule has 0 aliphatic carbocycles. The summed E-state index contributed by atoms with van der Waals surface area (Å²) in [6.07, 6.45) is 8.02. The van der Waals surface area contributed by atoms with Crippen LogP contribution < -0.4 is 5.32 Å². The summed E-state index contributed by atoms with van der Waals surface area (Å²) in [6, 6.07) is 0. The van der Waals surface area contributed by atoms with Gasteiger partial charge in [-0.15, -0.1) is 0 Å². The van der Waals surface area contributed by atoms with Crippen molar-refractivity contribution in [2.45, 2.75) is 23.5 Å². The van der Waals surface area contributed by atoms with Crippen LogP contribution in [0.4, 0.5) is 5.82 Å². The molecule has 0 bridgehead atoms. The Kier molecular flexibility index (Phi) is 3.76. The number of aromatic nitrogens is 4. The largest absolute Gasteiger partial charge is 0.369 e. The van der Waals surface area contributed by atoms with Gasteiger partial charge in [0.05, 0.1) is 12.4 Å². The fourth-order valence-corrected chi connectivity index (χ4v) is 1.84. The third kappa shape index (κ3) is 2.96. The van der Waals surface area contributed by atoms with E-state index in [1.54, 1.807) is 24.8 Å². The maximum atomic E-state index is 4.41. The van der Waals surface area contributed by atoms with Crippen LogP contribution in [0.15, 0.2) is 35.0 Å². The quantitative estimate of drug-likeness (QED) is 0.831. The fraction of sp³-hybridized carbons (Fsp3) is 0.300. The van der Waals surface area contributed by atoms with E-state index in [1.165, 1.54) is 11.8 Å². The van der Waals surface area contributed by atoms with E-state index < -0.39 is 0 Å². The standard InChI is InChI=1S/C10H13N5S/c1-2-3-12-8-6-11-7-9(15-8)16-10-13-4-5-14-10/h4-7H,2-3H2,1H3,(H,12,15)(H,13,14). The van der Waals surface area contributed by atoms with Gasteiger partial charge in [-0.3, -0.25) is 4.98 Å². The smallest absolute Gasteiger partial charge is 0.171 e. The van der Waals surface area contributed by atoms with Gasteiger partial charge in [0, 0.05) is 18.9 Å². The number of rotatable bonds is 5. The molecule has 2 rings (SSSR count). The molecule has 0 fully saturated rings. The molecule has 0 aliphatic rings. The van der Waals surface area contributed by atoms with Crippen molar-refractivity contribution >= 4 is 17.6 Å². The van der Waals surface area contributed by atoms with Gasteiger partial charge >= 0.3 is 0 Å². The highest BCUT2D eigenvalue weighted by Crippen LogP contribution is 2.22.